The van der Waals surface area contributed by atoms with Crippen LogP contribution in [0.5, 0.6) is 0 Å². The van der Waals surface area contributed by atoms with E-state index in [0.29, 0.717) is 5.56 Å². The Morgan fingerprint density at radius 1 is 1.47 bits per heavy atom. The van der Waals surface area contributed by atoms with Crippen molar-refractivity contribution in [3.63, 3.8) is 0 Å². The van der Waals surface area contributed by atoms with Crippen LogP contribution in [0.2, 0.25) is 0 Å². The van der Waals surface area contributed by atoms with Gasteiger partial charge in [-0.05, 0) is 25.0 Å². The largest absolute Gasteiger partial charge is 0.460 e. The predicted octanol–water partition coefficient (Wildman–Crippen LogP) is 2.65. The maximum Gasteiger partial charge on any atom is 0.309 e. The summed E-state index contributed by atoms with van der Waals surface area (Å²) in [6, 6.07) is 7.86. The average Bonchev–Trinajstić information content (AvgIpc) is 2.71. The zero-order chi connectivity index (χ0) is 13.2. The molecule has 19 heavy (non-hydrogen) atoms. The lowest BCUT2D eigenvalue weighted by Gasteiger charge is -2.22. The molecule has 1 aliphatic rings. The zero-order valence-corrected chi connectivity index (χ0v) is 10.5. The van der Waals surface area contributed by atoms with Gasteiger partial charge in [-0.15, -0.1) is 0 Å². The fourth-order valence-corrected chi connectivity index (χ4v) is 2.33. The number of rotatable bonds is 3. The van der Waals surface area contributed by atoms with E-state index in [1.807, 2.05) is 35.0 Å². The van der Waals surface area contributed by atoms with E-state index in [1.165, 1.54) is 0 Å². The van der Waals surface area contributed by atoms with Gasteiger partial charge in [0.25, 0.3) is 0 Å². The Labute approximate surface area is 111 Å². The lowest BCUT2D eigenvalue weighted by molar-refractivity contribution is -0.152. The molecule has 1 aliphatic carbocycles. The molecule has 2 heterocycles. The first-order chi connectivity index (χ1) is 9.29. The first-order valence-electron chi connectivity index (χ1n) is 6.45. The normalized spacial score (nSPS) is 14.9. The smallest absolute Gasteiger partial charge is 0.309 e. The van der Waals surface area contributed by atoms with E-state index in [-0.39, 0.29) is 18.5 Å². The third-order valence-electron chi connectivity index (χ3n) is 3.68. The van der Waals surface area contributed by atoms with Crippen molar-refractivity contribution in [2.45, 2.75) is 25.9 Å². The third kappa shape index (κ3) is 2.08. The molecule has 0 N–H and O–H groups in total. The van der Waals surface area contributed by atoms with Crippen LogP contribution in [0.3, 0.4) is 0 Å². The van der Waals surface area contributed by atoms with Crippen LogP contribution in [0, 0.1) is 17.2 Å². The number of hydrogen-bond donors (Lipinski definition) is 0. The van der Waals surface area contributed by atoms with Crippen molar-refractivity contribution < 1.29 is 9.53 Å². The Bertz CT molecular complexity index is 662. The summed E-state index contributed by atoms with van der Waals surface area (Å²) in [6.07, 6.45) is 6.71. The molecule has 4 heteroatoms. The van der Waals surface area contributed by atoms with E-state index in [1.54, 1.807) is 0 Å². The van der Waals surface area contributed by atoms with Gasteiger partial charge in [0.1, 0.15) is 12.7 Å². The topological polar surface area (TPSA) is 54.5 Å². The van der Waals surface area contributed by atoms with Crippen molar-refractivity contribution in [3.05, 3.63) is 41.7 Å². The first kappa shape index (κ1) is 11.8. The molecule has 4 nitrogen and oxygen atoms in total. The monoisotopic (exact) mass is 254 g/mol. The Hall–Kier alpha value is -2.28. The highest BCUT2D eigenvalue weighted by Gasteiger charge is 2.26. The number of nitriles is 1. The summed E-state index contributed by atoms with van der Waals surface area (Å²) in [5, 5.41) is 9.23. The van der Waals surface area contributed by atoms with E-state index >= 15 is 0 Å². The lowest BCUT2D eigenvalue weighted by Crippen LogP contribution is -2.23. The molecule has 0 unspecified atom stereocenters. The Morgan fingerprint density at radius 2 is 2.32 bits per heavy atom. The quantitative estimate of drug-likeness (QED) is 0.791. The number of pyridine rings is 1. The van der Waals surface area contributed by atoms with Gasteiger partial charge in [-0.2, -0.15) is 5.26 Å². The highest BCUT2D eigenvalue weighted by molar-refractivity contribution is 5.73. The molecule has 2 aromatic rings. The van der Waals surface area contributed by atoms with Crippen molar-refractivity contribution in [2.24, 2.45) is 5.92 Å². The first-order valence-corrected chi connectivity index (χ1v) is 6.45. The minimum atomic E-state index is -0.134. The number of ether oxygens (including phenoxy) is 1. The van der Waals surface area contributed by atoms with Crippen LogP contribution in [0.15, 0.2) is 30.6 Å². The maximum absolute atomic E-state index is 11.7. The van der Waals surface area contributed by atoms with E-state index in [2.05, 4.69) is 6.07 Å². The highest BCUT2D eigenvalue weighted by Crippen LogP contribution is 2.28. The number of carbonyl (C=O) groups is 1. The van der Waals surface area contributed by atoms with Crippen LogP contribution >= 0.6 is 0 Å². The molecule has 0 amide bonds. The van der Waals surface area contributed by atoms with Crippen molar-refractivity contribution in [1.82, 2.24) is 4.40 Å². The van der Waals surface area contributed by atoms with Gasteiger partial charge in [0.05, 0.1) is 17.0 Å². The molecule has 0 aliphatic heterocycles. The molecule has 0 radical (unpaired) electrons. The van der Waals surface area contributed by atoms with Crippen LogP contribution in [-0.2, 0) is 16.1 Å². The molecule has 0 bridgehead atoms. The molecule has 1 fully saturated rings. The number of hydrogen-bond acceptors (Lipinski definition) is 3. The Balaban J connectivity index is 1.80. The summed E-state index contributed by atoms with van der Waals surface area (Å²) in [6.45, 7) is 0.180. The molecular formula is C15H14N2O2. The molecule has 0 spiro atoms. The average molecular weight is 254 g/mol. The van der Waals surface area contributed by atoms with Gasteiger partial charge < -0.3 is 9.14 Å². The van der Waals surface area contributed by atoms with Gasteiger partial charge in [-0.1, -0.05) is 12.5 Å². The fraction of sp³-hybridized carbons (Fsp3) is 0.333. The minimum Gasteiger partial charge on any atom is -0.460 e. The lowest BCUT2D eigenvalue weighted by atomic mass is 9.86. The molecular weight excluding hydrogens is 240 g/mol. The van der Waals surface area contributed by atoms with Gasteiger partial charge in [0, 0.05) is 18.0 Å². The van der Waals surface area contributed by atoms with Gasteiger partial charge in [0.15, 0.2) is 0 Å². The summed E-state index contributed by atoms with van der Waals surface area (Å²) >= 11 is 0. The number of esters is 1. The Morgan fingerprint density at radius 3 is 3.00 bits per heavy atom. The predicted molar refractivity (Wildman–Crippen MR) is 69.2 cm³/mol. The van der Waals surface area contributed by atoms with Crippen LogP contribution in [0.4, 0.5) is 0 Å². The van der Waals surface area contributed by atoms with Crippen molar-refractivity contribution in [1.29, 1.82) is 5.26 Å². The molecule has 0 aromatic carbocycles. The maximum atomic E-state index is 11.7. The molecule has 3 rings (SSSR count). The van der Waals surface area contributed by atoms with E-state index in [4.69, 9.17) is 4.74 Å². The summed E-state index contributed by atoms with van der Waals surface area (Å²) in [7, 11) is 0. The second-order valence-electron chi connectivity index (χ2n) is 4.87. The SMILES string of the molecule is N#Cc1c(COC(=O)C2CCC2)cn2ccccc12. The summed E-state index contributed by atoms with van der Waals surface area (Å²) in [4.78, 5) is 11.7. The van der Waals surface area contributed by atoms with Crippen molar-refractivity contribution in [3.8, 4) is 6.07 Å². The van der Waals surface area contributed by atoms with Gasteiger partial charge >= 0.3 is 5.97 Å². The second-order valence-corrected chi connectivity index (χ2v) is 4.87. The summed E-state index contributed by atoms with van der Waals surface area (Å²) in [5.74, 6) is -0.0621. The van der Waals surface area contributed by atoms with E-state index in [9.17, 15) is 10.1 Å². The molecule has 0 atom stereocenters. The number of nitrogens with zero attached hydrogens (tertiary/aromatic N) is 2. The second kappa shape index (κ2) is 4.77. The molecule has 1 saturated carbocycles. The zero-order valence-electron chi connectivity index (χ0n) is 10.5. The van der Waals surface area contributed by atoms with Crippen molar-refractivity contribution >= 4 is 11.5 Å². The van der Waals surface area contributed by atoms with Crippen LogP contribution in [-0.4, -0.2) is 10.4 Å². The number of fused-ring (bicyclic) bond motifs is 1. The van der Waals surface area contributed by atoms with Gasteiger partial charge in [0.2, 0.25) is 0 Å². The van der Waals surface area contributed by atoms with Crippen LogP contribution in [0.1, 0.15) is 30.4 Å². The highest BCUT2D eigenvalue weighted by atomic mass is 16.5. The summed E-state index contributed by atoms with van der Waals surface area (Å²) < 4.78 is 7.18. The number of aromatic nitrogens is 1. The summed E-state index contributed by atoms with van der Waals surface area (Å²) in [5.41, 5.74) is 2.20. The minimum absolute atomic E-state index is 0.0718. The van der Waals surface area contributed by atoms with E-state index in [0.717, 1.165) is 30.3 Å². The third-order valence-corrected chi connectivity index (χ3v) is 3.68. The van der Waals surface area contributed by atoms with Gasteiger partial charge in [-0.25, -0.2) is 0 Å². The molecule has 96 valence electrons. The molecule has 2 aromatic heterocycles. The fourth-order valence-electron chi connectivity index (χ4n) is 2.33. The Kier molecular flexibility index (Phi) is 2.96. The number of carbonyl (C=O) groups excluding carboxylic acids is 1. The van der Waals surface area contributed by atoms with Crippen LogP contribution in [0.25, 0.3) is 5.52 Å². The van der Waals surface area contributed by atoms with E-state index < -0.39 is 0 Å². The molecule has 0 saturated heterocycles. The van der Waals surface area contributed by atoms with Gasteiger partial charge in [-0.3, -0.25) is 4.79 Å². The van der Waals surface area contributed by atoms with Crippen molar-refractivity contribution in [2.75, 3.05) is 0 Å². The van der Waals surface area contributed by atoms with Crippen LogP contribution < -0.4 is 0 Å². The standard InChI is InChI=1S/C15H14N2O2/c16-8-13-12(9-17-7-2-1-6-14(13)17)10-19-15(18)11-4-3-5-11/h1-2,6-7,9,11H,3-5,10H2.